The van der Waals surface area contributed by atoms with Crippen LogP contribution in [-0.4, -0.2) is 63.5 Å². The molecule has 0 radical (unpaired) electrons. The van der Waals surface area contributed by atoms with Crippen LogP contribution in [-0.2, 0) is 0 Å². The lowest BCUT2D eigenvalue weighted by Crippen LogP contribution is -2.60. The number of aromatic nitrogens is 1. The van der Waals surface area contributed by atoms with Crippen molar-refractivity contribution in [3.63, 3.8) is 0 Å². The summed E-state index contributed by atoms with van der Waals surface area (Å²) < 4.78 is 0. The summed E-state index contributed by atoms with van der Waals surface area (Å²) in [5, 5.41) is 14.6. The number of aryl methyl sites for hydroxylation is 1. The molecule has 2 rings (SSSR count). The molecule has 1 aliphatic rings. The van der Waals surface area contributed by atoms with Gasteiger partial charge in [0.1, 0.15) is 5.69 Å². The largest absolute Gasteiger partial charge is 0.409 e. The van der Waals surface area contributed by atoms with E-state index in [1.165, 1.54) is 11.3 Å². The van der Waals surface area contributed by atoms with Gasteiger partial charge in [-0.1, -0.05) is 5.16 Å². The first-order valence-corrected chi connectivity index (χ1v) is 7.68. The van der Waals surface area contributed by atoms with Crippen LogP contribution in [0.2, 0.25) is 0 Å². The Bertz CT molecular complexity index is 547. The van der Waals surface area contributed by atoms with Crippen LogP contribution in [0.3, 0.4) is 0 Å². The average Bonchev–Trinajstić information content (AvgIpc) is 2.92. The lowest BCUT2D eigenvalue weighted by molar-refractivity contribution is 0.0527. The van der Waals surface area contributed by atoms with Gasteiger partial charge in [-0.3, -0.25) is 9.69 Å². The van der Waals surface area contributed by atoms with Crippen LogP contribution in [0.1, 0.15) is 29.3 Å². The Morgan fingerprint density at radius 3 is 2.52 bits per heavy atom. The SMILES string of the molecule is Cc1nc(C(=O)N2CCN(C(C)(C)C(N)=NO)CC2)cs1. The highest BCUT2D eigenvalue weighted by molar-refractivity contribution is 7.09. The Labute approximate surface area is 128 Å². The average molecular weight is 311 g/mol. The monoisotopic (exact) mass is 311 g/mol. The smallest absolute Gasteiger partial charge is 0.273 e. The molecule has 0 unspecified atom stereocenters. The van der Waals surface area contributed by atoms with Gasteiger partial charge in [-0.15, -0.1) is 11.3 Å². The van der Waals surface area contributed by atoms with Gasteiger partial charge in [0.05, 0.1) is 10.5 Å². The number of nitrogens with two attached hydrogens (primary N) is 1. The molecule has 8 heteroatoms. The summed E-state index contributed by atoms with van der Waals surface area (Å²) >= 11 is 1.48. The Kier molecular flexibility index (Phi) is 4.48. The van der Waals surface area contributed by atoms with Crippen LogP contribution in [0, 0.1) is 6.92 Å². The Hall–Kier alpha value is -1.67. The molecule has 1 saturated heterocycles. The molecule has 0 aliphatic carbocycles. The van der Waals surface area contributed by atoms with Crippen molar-refractivity contribution in [2.75, 3.05) is 26.2 Å². The van der Waals surface area contributed by atoms with Gasteiger partial charge >= 0.3 is 0 Å². The number of rotatable bonds is 3. The number of piperazine rings is 1. The normalized spacial score (nSPS) is 18.0. The van der Waals surface area contributed by atoms with Crippen molar-refractivity contribution in [3.05, 3.63) is 16.1 Å². The quantitative estimate of drug-likeness (QED) is 0.371. The zero-order valence-corrected chi connectivity index (χ0v) is 13.4. The van der Waals surface area contributed by atoms with Crippen molar-refractivity contribution in [1.29, 1.82) is 0 Å². The summed E-state index contributed by atoms with van der Waals surface area (Å²) in [7, 11) is 0. The predicted octanol–water partition coefficient (Wildman–Crippen LogP) is 0.734. The fourth-order valence-corrected chi connectivity index (χ4v) is 2.96. The number of carbonyl (C=O) groups is 1. The molecule has 0 spiro atoms. The first kappa shape index (κ1) is 15.7. The zero-order chi connectivity index (χ0) is 15.6. The lowest BCUT2D eigenvalue weighted by atomic mass is 10.00. The molecular weight excluding hydrogens is 290 g/mol. The van der Waals surface area contributed by atoms with Crippen LogP contribution >= 0.6 is 11.3 Å². The summed E-state index contributed by atoms with van der Waals surface area (Å²) in [6.07, 6.45) is 0. The highest BCUT2D eigenvalue weighted by Gasteiger charge is 2.35. The standard InChI is InChI=1S/C13H21N5O2S/c1-9-15-10(8-21-9)11(19)17-4-6-18(7-5-17)13(2,3)12(14)16-20/h8,20H,4-7H2,1-3H3,(H2,14,16). The second-order valence-corrected chi connectivity index (χ2v) is 6.64. The van der Waals surface area contributed by atoms with E-state index in [0.717, 1.165) is 5.01 Å². The van der Waals surface area contributed by atoms with E-state index in [2.05, 4.69) is 15.0 Å². The highest BCUT2D eigenvalue weighted by atomic mass is 32.1. The van der Waals surface area contributed by atoms with Crippen molar-refractivity contribution in [1.82, 2.24) is 14.8 Å². The molecule has 1 aliphatic heterocycles. The highest BCUT2D eigenvalue weighted by Crippen LogP contribution is 2.19. The second-order valence-electron chi connectivity index (χ2n) is 5.58. The van der Waals surface area contributed by atoms with Gasteiger partial charge in [0, 0.05) is 31.6 Å². The van der Waals surface area contributed by atoms with Gasteiger partial charge in [0.2, 0.25) is 0 Å². The minimum absolute atomic E-state index is 0.0272. The minimum Gasteiger partial charge on any atom is -0.409 e. The molecule has 1 aromatic rings. The third-order valence-electron chi connectivity index (χ3n) is 3.93. The Morgan fingerprint density at radius 2 is 2.05 bits per heavy atom. The molecule has 116 valence electrons. The van der Waals surface area contributed by atoms with Gasteiger partial charge in [-0.25, -0.2) is 4.98 Å². The summed E-state index contributed by atoms with van der Waals surface area (Å²) in [5.41, 5.74) is 5.73. The molecule has 1 amide bonds. The summed E-state index contributed by atoms with van der Waals surface area (Å²) in [5.74, 6) is 0.151. The molecule has 1 fully saturated rings. The van der Waals surface area contributed by atoms with E-state index in [4.69, 9.17) is 10.9 Å². The first-order valence-electron chi connectivity index (χ1n) is 6.80. The lowest BCUT2D eigenvalue weighted by Gasteiger charge is -2.43. The summed E-state index contributed by atoms with van der Waals surface area (Å²) in [6, 6.07) is 0. The minimum atomic E-state index is -0.527. The number of hydrogen-bond acceptors (Lipinski definition) is 6. The number of amidine groups is 1. The third kappa shape index (κ3) is 3.16. The number of carbonyl (C=O) groups excluding carboxylic acids is 1. The van der Waals surface area contributed by atoms with Crippen molar-refractivity contribution in [2.45, 2.75) is 26.3 Å². The van der Waals surface area contributed by atoms with E-state index >= 15 is 0 Å². The van der Waals surface area contributed by atoms with Gasteiger partial charge in [0.25, 0.3) is 5.91 Å². The van der Waals surface area contributed by atoms with Crippen molar-refractivity contribution < 1.29 is 10.0 Å². The molecule has 0 saturated carbocycles. The molecular formula is C13H21N5O2S. The Balaban J connectivity index is 1.99. The second kappa shape index (κ2) is 5.98. The number of amides is 1. The maximum Gasteiger partial charge on any atom is 0.273 e. The maximum absolute atomic E-state index is 12.3. The first-order chi connectivity index (χ1) is 9.86. The van der Waals surface area contributed by atoms with Crippen LogP contribution in [0.25, 0.3) is 0 Å². The molecule has 21 heavy (non-hydrogen) atoms. The van der Waals surface area contributed by atoms with E-state index in [-0.39, 0.29) is 11.7 Å². The number of thiazole rings is 1. The fraction of sp³-hybridized carbons (Fsp3) is 0.615. The van der Waals surface area contributed by atoms with E-state index in [1.54, 1.807) is 10.3 Å². The van der Waals surface area contributed by atoms with E-state index in [0.29, 0.717) is 31.9 Å². The topological polar surface area (TPSA) is 95.1 Å². The van der Waals surface area contributed by atoms with Crippen LogP contribution in [0.15, 0.2) is 10.5 Å². The van der Waals surface area contributed by atoms with Gasteiger partial charge < -0.3 is 15.8 Å². The predicted molar refractivity (Wildman–Crippen MR) is 81.8 cm³/mol. The molecule has 1 aromatic heterocycles. The molecule has 2 heterocycles. The zero-order valence-electron chi connectivity index (χ0n) is 12.5. The third-order valence-corrected chi connectivity index (χ3v) is 4.70. The molecule has 0 atom stereocenters. The van der Waals surface area contributed by atoms with Crippen LogP contribution < -0.4 is 5.73 Å². The molecule has 0 aromatic carbocycles. The molecule has 0 bridgehead atoms. The molecule has 3 N–H and O–H groups in total. The van der Waals surface area contributed by atoms with E-state index in [9.17, 15) is 4.79 Å². The van der Waals surface area contributed by atoms with Crippen molar-refractivity contribution in [2.24, 2.45) is 10.9 Å². The number of hydrogen-bond donors (Lipinski definition) is 2. The Morgan fingerprint density at radius 1 is 1.43 bits per heavy atom. The van der Waals surface area contributed by atoms with Gasteiger partial charge in [-0.2, -0.15) is 0 Å². The van der Waals surface area contributed by atoms with E-state index < -0.39 is 5.54 Å². The maximum atomic E-state index is 12.3. The summed E-state index contributed by atoms with van der Waals surface area (Å²) in [4.78, 5) is 20.5. The van der Waals surface area contributed by atoms with Crippen molar-refractivity contribution >= 4 is 23.1 Å². The van der Waals surface area contributed by atoms with Crippen LogP contribution in [0.5, 0.6) is 0 Å². The van der Waals surface area contributed by atoms with E-state index in [1.807, 2.05) is 20.8 Å². The van der Waals surface area contributed by atoms with Gasteiger partial charge in [-0.05, 0) is 20.8 Å². The number of oxime groups is 1. The fourth-order valence-electron chi connectivity index (χ4n) is 2.38. The van der Waals surface area contributed by atoms with Crippen LogP contribution in [0.4, 0.5) is 0 Å². The molecule has 7 nitrogen and oxygen atoms in total. The summed E-state index contributed by atoms with van der Waals surface area (Å²) in [6.45, 7) is 8.27. The van der Waals surface area contributed by atoms with Gasteiger partial charge in [0.15, 0.2) is 5.84 Å². The van der Waals surface area contributed by atoms with Crippen molar-refractivity contribution in [3.8, 4) is 0 Å². The number of nitrogens with zero attached hydrogens (tertiary/aromatic N) is 4.